The van der Waals surface area contributed by atoms with E-state index in [1.807, 2.05) is 18.2 Å². The van der Waals surface area contributed by atoms with Gasteiger partial charge in [0, 0.05) is 56.6 Å². The molecule has 5 rings (SSSR count). The van der Waals surface area contributed by atoms with Crippen LogP contribution < -0.4 is 19.4 Å². The van der Waals surface area contributed by atoms with Gasteiger partial charge in [0.1, 0.15) is 17.4 Å². The van der Waals surface area contributed by atoms with Gasteiger partial charge in [-0.25, -0.2) is 9.97 Å². The average Bonchev–Trinajstić information content (AvgIpc) is 3.39. The third-order valence-corrected chi connectivity index (χ3v) is 7.04. The van der Waals surface area contributed by atoms with Crippen LogP contribution in [0.5, 0.6) is 5.75 Å². The van der Waals surface area contributed by atoms with Gasteiger partial charge >= 0.3 is 0 Å². The number of rotatable bonds is 5. The summed E-state index contributed by atoms with van der Waals surface area (Å²) in [6.45, 7) is 8.81. The molecule has 3 aromatic rings. The molecular formula is C26H31ClN6O. The van der Waals surface area contributed by atoms with E-state index in [1.165, 1.54) is 12.8 Å². The number of benzene rings is 1. The minimum atomic E-state index is 0.249. The van der Waals surface area contributed by atoms with E-state index in [1.54, 1.807) is 13.3 Å². The van der Waals surface area contributed by atoms with Crippen LogP contribution in [0.2, 0.25) is 5.02 Å². The van der Waals surface area contributed by atoms with E-state index in [2.05, 4.69) is 51.7 Å². The lowest BCUT2D eigenvalue weighted by Gasteiger charge is -2.41. The first-order valence-electron chi connectivity index (χ1n) is 11.9. The fraction of sp³-hybridized carbons (Fsp3) is 0.423. The summed E-state index contributed by atoms with van der Waals surface area (Å²) in [5.74, 6) is 3.53. The number of ether oxygens (including phenoxy) is 1. The lowest BCUT2D eigenvalue weighted by molar-refractivity contribution is 0.412. The predicted molar refractivity (Wildman–Crippen MR) is 138 cm³/mol. The maximum atomic E-state index is 6.42. The Hall–Kier alpha value is -3.06. The van der Waals surface area contributed by atoms with Crippen LogP contribution >= 0.6 is 11.6 Å². The molecule has 178 valence electrons. The molecule has 0 spiro atoms. The number of nitrogens with zero attached hydrogens (tertiary/aromatic N) is 6. The Balaban J connectivity index is 1.47. The van der Waals surface area contributed by atoms with Crippen LogP contribution in [0, 0.1) is 6.92 Å². The highest BCUT2D eigenvalue weighted by Crippen LogP contribution is 2.32. The first-order valence-corrected chi connectivity index (χ1v) is 12.3. The van der Waals surface area contributed by atoms with Gasteiger partial charge < -0.3 is 19.4 Å². The third kappa shape index (κ3) is 4.49. The lowest BCUT2D eigenvalue weighted by atomic mass is 10.1. The third-order valence-electron chi connectivity index (χ3n) is 6.74. The molecule has 34 heavy (non-hydrogen) atoms. The molecule has 2 fully saturated rings. The molecule has 2 aromatic heterocycles. The molecule has 1 aromatic carbocycles. The highest BCUT2D eigenvalue weighted by atomic mass is 35.5. The number of hydrogen-bond acceptors (Lipinski definition) is 7. The van der Waals surface area contributed by atoms with Crippen molar-refractivity contribution in [3.05, 3.63) is 53.2 Å². The van der Waals surface area contributed by atoms with E-state index >= 15 is 0 Å². The maximum Gasteiger partial charge on any atom is 0.227 e. The molecule has 1 unspecified atom stereocenters. The minimum Gasteiger partial charge on any atom is -0.496 e. The molecule has 4 heterocycles. The summed E-state index contributed by atoms with van der Waals surface area (Å²) in [4.78, 5) is 21.5. The number of halogens is 1. The molecule has 0 radical (unpaired) electrons. The van der Waals surface area contributed by atoms with Crippen LogP contribution in [-0.4, -0.2) is 60.8 Å². The minimum absolute atomic E-state index is 0.249. The maximum absolute atomic E-state index is 6.42. The number of pyridine rings is 1. The van der Waals surface area contributed by atoms with Crippen molar-refractivity contribution in [1.82, 2.24) is 15.0 Å². The van der Waals surface area contributed by atoms with Gasteiger partial charge in [-0.05, 0) is 62.6 Å². The van der Waals surface area contributed by atoms with Gasteiger partial charge in [0.05, 0.1) is 17.8 Å². The van der Waals surface area contributed by atoms with Gasteiger partial charge in [-0.2, -0.15) is 4.98 Å². The van der Waals surface area contributed by atoms with Crippen LogP contribution in [0.1, 0.15) is 25.3 Å². The molecule has 1 atom stereocenters. The monoisotopic (exact) mass is 478 g/mol. The number of anilines is 3. The Kier molecular flexibility index (Phi) is 6.46. The van der Waals surface area contributed by atoms with E-state index in [-0.39, 0.29) is 6.04 Å². The Labute approximate surface area is 206 Å². The predicted octanol–water partition coefficient (Wildman–Crippen LogP) is 4.82. The smallest absolute Gasteiger partial charge is 0.227 e. The Morgan fingerprint density at radius 2 is 1.82 bits per heavy atom. The molecule has 2 aliphatic rings. The Morgan fingerprint density at radius 1 is 1.00 bits per heavy atom. The fourth-order valence-electron chi connectivity index (χ4n) is 4.91. The van der Waals surface area contributed by atoms with Crippen molar-refractivity contribution in [3.63, 3.8) is 0 Å². The van der Waals surface area contributed by atoms with Crippen LogP contribution in [0.15, 0.2) is 42.6 Å². The van der Waals surface area contributed by atoms with Crippen molar-refractivity contribution in [2.45, 2.75) is 32.7 Å². The van der Waals surface area contributed by atoms with E-state index in [4.69, 9.17) is 26.3 Å². The van der Waals surface area contributed by atoms with Gasteiger partial charge in [-0.1, -0.05) is 11.6 Å². The topological polar surface area (TPSA) is 57.6 Å². The zero-order valence-corrected chi connectivity index (χ0v) is 20.8. The molecule has 2 saturated heterocycles. The van der Waals surface area contributed by atoms with Gasteiger partial charge in [0.2, 0.25) is 5.95 Å². The largest absolute Gasteiger partial charge is 0.496 e. The van der Waals surface area contributed by atoms with Crippen LogP contribution in [0.3, 0.4) is 0 Å². The Morgan fingerprint density at radius 3 is 2.53 bits per heavy atom. The number of aryl methyl sites for hydroxylation is 1. The molecular weight excluding hydrogens is 448 g/mol. The van der Waals surface area contributed by atoms with Gasteiger partial charge in [-0.3, -0.25) is 0 Å². The summed E-state index contributed by atoms with van der Waals surface area (Å²) >= 11 is 6.42. The molecule has 7 nitrogen and oxygen atoms in total. The van der Waals surface area contributed by atoms with Crippen molar-refractivity contribution in [3.8, 4) is 17.0 Å². The van der Waals surface area contributed by atoms with Gasteiger partial charge in [0.25, 0.3) is 0 Å². The van der Waals surface area contributed by atoms with Gasteiger partial charge in [0.15, 0.2) is 0 Å². The summed E-state index contributed by atoms with van der Waals surface area (Å²) in [5.41, 5.74) is 3.12. The molecule has 0 bridgehead atoms. The molecule has 0 aliphatic carbocycles. The molecule has 0 amide bonds. The van der Waals surface area contributed by atoms with Crippen LogP contribution in [-0.2, 0) is 0 Å². The number of hydrogen-bond donors (Lipinski definition) is 0. The zero-order chi connectivity index (χ0) is 23.7. The summed E-state index contributed by atoms with van der Waals surface area (Å²) in [5, 5.41) is 0.693. The molecule has 0 N–H and O–H groups in total. The molecule has 8 heteroatoms. The first-order chi connectivity index (χ1) is 16.5. The fourth-order valence-corrected chi connectivity index (χ4v) is 5.15. The summed E-state index contributed by atoms with van der Waals surface area (Å²) < 4.78 is 5.46. The van der Waals surface area contributed by atoms with Crippen molar-refractivity contribution in [2.75, 3.05) is 54.5 Å². The number of aromatic nitrogens is 3. The highest BCUT2D eigenvalue weighted by molar-refractivity contribution is 6.32. The first kappa shape index (κ1) is 22.7. The summed E-state index contributed by atoms with van der Waals surface area (Å²) in [6, 6.07) is 12.4. The molecule has 0 saturated carbocycles. The standard InChI is InChI=1S/C26H31ClN6O/c1-18-15-20(8-9-23(18)34-3)22-16-24(30-26(29-22)31-11-4-5-12-31)33-14-13-32(17-19(33)2)25-21(27)7-6-10-28-25/h6-10,15-16,19H,4-5,11-14,17H2,1-3H3. The van der Waals surface area contributed by atoms with Crippen molar-refractivity contribution in [1.29, 1.82) is 0 Å². The van der Waals surface area contributed by atoms with Crippen LogP contribution in [0.4, 0.5) is 17.6 Å². The van der Waals surface area contributed by atoms with E-state index < -0.39 is 0 Å². The van der Waals surface area contributed by atoms with E-state index in [0.717, 1.165) is 72.9 Å². The van der Waals surface area contributed by atoms with E-state index in [0.29, 0.717) is 5.02 Å². The quantitative estimate of drug-likeness (QED) is 0.520. The second kappa shape index (κ2) is 9.66. The second-order valence-electron chi connectivity index (χ2n) is 9.09. The zero-order valence-electron chi connectivity index (χ0n) is 20.0. The van der Waals surface area contributed by atoms with Gasteiger partial charge in [-0.15, -0.1) is 0 Å². The number of piperazine rings is 1. The average molecular weight is 479 g/mol. The van der Waals surface area contributed by atoms with Crippen molar-refractivity contribution in [2.24, 2.45) is 0 Å². The van der Waals surface area contributed by atoms with Crippen molar-refractivity contribution < 1.29 is 4.74 Å². The number of methoxy groups -OCH3 is 1. The Bertz CT molecular complexity index is 1170. The lowest BCUT2D eigenvalue weighted by Crippen LogP contribution is -2.52. The van der Waals surface area contributed by atoms with E-state index in [9.17, 15) is 0 Å². The SMILES string of the molecule is COc1ccc(-c2cc(N3CCN(c4ncccc4Cl)CC3C)nc(N3CCCC3)n2)cc1C. The molecule has 2 aliphatic heterocycles. The van der Waals surface area contributed by atoms with Crippen LogP contribution in [0.25, 0.3) is 11.3 Å². The van der Waals surface area contributed by atoms with Crippen molar-refractivity contribution >= 4 is 29.2 Å². The second-order valence-corrected chi connectivity index (χ2v) is 9.49. The summed E-state index contributed by atoms with van der Waals surface area (Å²) in [7, 11) is 1.70. The normalized spacial score (nSPS) is 18.5. The summed E-state index contributed by atoms with van der Waals surface area (Å²) in [6.07, 6.45) is 4.17. The highest BCUT2D eigenvalue weighted by Gasteiger charge is 2.28.